The summed E-state index contributed by atoms with van der Waals surface area (Å²) >= 11 is 0. The number of aliphatic hydroxyl groups excluding tert-OH is 1. The van der Waals surface area contributed by atoms with Crippen molar-refractivity contribution in [3.05, 3.63) is 34.1 Å². The number of aliphatic hydroxyl groups is 1. The Morgan fingerprint density at radius 2 is 2.19 bits per heavy atom. The first-order valence-electron chi connectivity index (χ1n) is 4.94. The summed E-state index contributed by atoms with van der Waals surface area (Å²) in [5, 5.41) is 21.9. The van der Waals surface area contributed by atoms with Gasteiger partial charge in [-0.2, -0.15) is 4.39 Å². The molecule has 88 valence electrons. The molecule has 0 aliphatic carbocycles. The van der Waals surface area contributed by atoms with Gasteiger partial charge in [-0.05, 0) is 25.0 Å². The van der Waals surface area contributed by atoms with Gasteiger partial charge in [-0.25, -0.2) is 0 Å². The van der Waals surface area contributed by atoms with Crippen LogP contribution in [0.3, 0.4) is 0 Å². The Hall–Kier alpha value is -1.69. The molecule has 0 unspecified atom stereocenters. The molecule has 2 N–H and O–H groups in total. The molecule has 0 fully saturated rings. The lowest BCUT2D eigenvalue weighted by atomic mass is 10.2. The Kier molecular flexibility index (Phi) is 4.65. The largest absolute Gasteiger partial charge is 0.396 e. The second-order valence-electron chi connectivity index (χ2n) is 3.25. The number of unbranched alkanes of at least 4 members (excludes halogenated alkanes) is 1. The summed E-state index contributed by atoms with van der Waals surface area (Å²) < 4.78 is 13.2. The number of nitro groups is 1. The van der Waals surface area contributed by atoms with Crippen molar-refractivity contribution in [3.63, 3.8) is 0 Å². The molecular weight excluding hydrogens is 215 g/mol. The number of nitrogens with one attached hydrogen (secondary N) is 1. The second-order valence-corrected chi connectivity index (χ2v) is 3.25. The van der Waals surface area contributed by atoms with Crippen LogP contribution in [0.2, 0.25) is 0 Å². The van der Waals surface area contributed by atoms with E-state index in [2.05, 4.69) is 5.32 Å². The highest BCUT2D eigenvalue weighted by Gasteiger charge is 2.18. The van der Waals surface area contributed by atoms with Crippen molar-refractivity contribution in [1.82, 2.24) is 0 Å². The second kappa shape index (κ2) is 6.02. The summed E-state index contributed by atoms with van der Waals surface area (Å²) in [5.74, 6) is -0.850. The topological polar surface area (TPSA) is 75.4 Å². The highest BCUT2D eigenvalue weighted by molar-refractivity contribution is 5.61. The van der Waals surface area contributed by atoms with Crippen LogP contribution >= 0.6 is 0 Å². The molecule has 0 aliphatic rings. The van der Waals surface area contributed by atoms with Gasteiger partial charge in [-0.15, -0.1) is 0 Å². The van der Waals surface area contributed by atoms with Crippen molar-refractivity contribution >= 4 is 11.4 Å². The average Bonchev–Trinajstić information content (AvgIpc) is 2.24. The summed E-state index contributed by atoms with van der Waals surface area (Å²) in [6, 6.07) is 3.92. The highest BCUT2D eigenvalue weighted by Crippen LogP contribution is 2.26. The number of para-hydroxylation sites is 1. The van der Waals surface area contributed by atoms with Gasteiger partial charge in [-0.3, -0.25) is 10.1 Å². The van der Waals surface area contributed by atoms with Crippen LogP contribution in [0.15, 0.2) is 18.2 Å². The minimum atomic E-state index is -0.850. The molecule has 0 aromatic heterocycles. The van der Waals surface area contributed by atoms with E-state index in [0.717, 1.165) is 6.07 Å². The van der Waals surface area contributed by atoms with E-state index in [1.165, 1.54) is 12.1 Å². The molecule has 0 aliphatic heterocycles. The Bertz CT molecular complexity index is 371. The summed E-state index contributed by atoms with van der Waals surface area (Å²) in [6.45, 7) is 0.539. The predicted molar refractivity (Wildman–Crippen MR) is 57.9 cm³/mol. The molecule has 0 radical (unpaired) electrons. The number of halogens is 1. The number of hydrogen-bond acceptors (Lipinski definition) is 4. The summed E-state index contributed by atoms with van der Waals surface area (Å²) in [6.07, 6.45) is 1.28. The van der Waals surface area contributed by atoms with E-state index in [4.69, 9.17) is 5.11 Å². The SMILES string of the molecule is O=[N+]([O-])c1c(F)cccc1NCCCCO. The van der Waals surface area contributed by atoms with E-state index in [-0.39, 0.29) is 12.3 Å². The van der Waals surface area contributed by atoms with Crippen molar-refractivity contribution in [2.24, 2.45) is 0 Å². The van der Waals surface area contributed by atoms with Crippen LogP contribution in [-0.4, -0.2) is 23.2 Å². The Labute approximate surface area is 92.1 Å². The van der Waals surface area contributed by atoms with Gasteiger partial charge in [-0.1, -0.05) is 6.07 Å². The fourth-order valence-corrected chi connectivity index (χ4v) is 1.30. The van der Waals surface area contributed by atoms with Gasteiger partial charge in [0, 0.05) is 13.2 Å². The number of rotatable bonds is 6. The zero-order valence-corrected chi connectivity index (χ0v) is 8.65. The minimum Gasteiger partial charge on any atom is -0.396 e. The van der Waals surface area contributed by atoms with Crippen LogP contribution in [0.4, 0.5) is 15.8 Å². The van der Waals surface area contributed by atoms with E-state index < -0.39 is 16.4 Å². The van der Waals surface area contributed by atoms with Crippen LogP contribution < -0.4 is 5.32 Å². The maximum Gasteiger partial charge on any atom is 0.327 e. The first-order chi connectivity index (χ1) is 7.66. The number of hydrogen-bond donors (Lipinski definition) is 2. The van der Waals surface area contributed by atoms with Crippen molar-refractivity contribution in [2.75, 3.05) is 18.5 Å². The zero-order valence-electron chi connectivity index (χ0n) is 8.65. The van der Waals surface area contributed by atoms with Crippen molar-refractivity contribution in [3.8, 4) is 0 Å². The molecule has 0 bridgehead atoms. The van der Waals surface area contributed by atoms with Crippen molar-refractivity contribution in [1.29, 1.82) is 0 Å². The minimum absolute atomic E-state index is 0.0763. The fourth-order valence-electron chi connectivity index (χ4n) is 1.30. The number of nitrogens with zero attached hydrogens (tertiary/aromatic N) is 1. The lowest BCUT2D eigenvalue weighted by Crippen LogP contribution is -2.06. The third-order valence-corrected chi connectivity index (χ3v) is 2.07. The number of anilines is 1. The third-order valence-electron chi connectivity index (χ3n) is 2.07. The van der Waals surface area contributed by atoms with Gasteiger partial charge in [0.05, 0.1) is 4.92 Å². The molecule has 0 saturated heterocycles. The molecule has 1 aromatic carbocycles. The Morgan fingerprint density at radius 1 is 1.44 bits per heavy atom. The van der Waals surface area contributed by atoms with E-state index in [9.17, 15) is 14.5 Å². The van der Waals surface area contributed by atoms with Crippen molar-refractivity contribution < 1.29 is 14.4 Å². The number of benzene rings is 1. The van der Waals surface area contributed by atoms with Crippen LogP contribution in [0, 0.1) is 15.9 Å². The Morgan fingerprint density at radius 3 is 2.81 bits per heavy atom. The van der Waals surface area contributed by atoms with E-state index in [1.54, 1.807) is 0 Å². The van der Waals surface area contributed by atoms with E-state index in [0.29, 0.717) is 19.4 Å². The smallest absolute Gasteiger partial charge is 0.327 e. The molecule has 5 nitrogen and oxygen atoms in total. The van der Waals surface area contributed by atoms with Gasteiger partial charge in [0.2, 0.25) is 5.82 Å². The normalized spacial score (nSPS) is 10.1. The average molecular weight is 228 g/mol. The molecule has 0 amide bonds. The van der Waals surface area contributed by atoms with E-state index in [1.807, 2.05) is 0 Å². The molecule has 1 aromatic rings. The summed E-state index contributed by atoms with van der Waals surface area (Å²) in [4.78, 5) is 9.87. The first kappa shape index (κ1) is 12.4. The molecular formula is C10H13FN2O3. The monoisotopic (exact) mass is 228 g/mol. The molecule has 6 heteroatoms. The van der Waals surface area contributed by atoms with Gasteiger partial charge in [0.15, 0.2) is 0 Å². The maximum atomic E-state index is 13.2. The van der Waals surface area contributed by atoms with Crippen molar-refractivity contribution in [2.45, 2.75) is 12.8 Å². The summed E-state index contributed by atoms with van der Waals surface area (Å²) in [7, 11) is 0. The Balaban J connectivity index is 2.71. The third kappa shape index (κ3) is 3.16. The van der Waals surface area contributed by atoms with Gasteiger partial charge >= 0.3 is 5.69 Å². The van der Waals surface area contributed by atoms with Gasteiger partial charge in [0.1, 0.15) is 5.69 Å². The van der Waals surface area contributed by atoms with Gasteiger partial charge in [0.25, 0.3) is 0 Å². The molecule has 1 rings (SSSR count). The summed E-state index contributed by atoms with van der Waals surface area (Å²) in [5.41, 5.74) is -0.366. The molecule has 0 atom stereocenters. The fraction of sp³-hybridized carbons (Fsp3) is 0.400. The molecule has 0 heterocycles. The van der Waals surface area contributed by atoms with Gasteiger partial charge < -0.3 is 10.4 Å². The molecule has 0 saturated carbocycles. The number of nitro benzene ring substituents is 1. The van der Waals surface area contributed by atoms with Crippen LogP contribution in [0.5, 0.6) is 0 Å². The standard InChI is InChI=1S/C10H13FN2O3/c11-8-4-3-5-9(10(8)13(15)16)12-6-1-2-7-14/h3-5,12,14H,1-2,6-7H2. The predicted octanol–water partition coefficient (Wildman–Crippen LogP) is 1.92. The van der Waals surface area contributed by atoms with Crippen LogP contribution in [0.1, 0.15) is 12.8 Å². The maximum absolute atomic E-state index is 13.2. The lowest BCUT2D eigenvalue weighted by Gasteiger charge is -2.06. The zero-order chi connectivity index (χ0) is 12.0. The first-order valence-corrected chi connectivity index (χ1v) is 4.94. The van der Waals surface area contributed by atoms with E-state index >= 15 is 0 Å². The molecule has 16 heavy (non-hydrogen) atoms. The highest BCUT2D eigenvalue weighted by atomic mass is 19.1. The van der Waals surface area contributed by atoms with Crippen LogP contribution in [0.25, 0.3) is 0 Å². The molecule has 0 spiro atoms. The van der Waals surface area contributed by atoms with Crippen LogP contribution in [-0.2, 0) is 0 Å². The lowest BCUT2D eigenvalue weighted by molar-refractivity contribution is -0.386. The quantitative estimate of drug-likeness (QED) is 0.443.